The number of hydrogen-bond acceptors (Lipinski definition) is 2. The number of para-hydroxylation sites is 1. The van der Waals surface area contributed by atoms with E-state index in [0.717, 1.165) is 16.5 Å². The second-order valence-electron chi connectivity index (χ2n) is 10.1. The lowest BCUT2D eigenvalue weighted by atomic mass is 9.98. The zero-order valence-corrected chi connectivity index (χ0v) is 22.3. The summed E-state index contributed by atoms with van der Waals surface area (Å²) in [5.74, 6) is -2.04. The SMILES string of the molecule is O=C(C=Cc1ccccc1F)N1CCN(C(=O)c2cc(C(F)(F)F)cc(C(F)(F)F)c2)[C@H](Cc2c[nH]c3ccccc23)C1. The van der Waals surface area contributed by atoms with Gasteiger partial charge in [-0.05, 0) is 48.4 Å². The lowest BCUT2D eigenvalue weighted by Gasteiger charge is -2.41. The van der Waals surface area contributed by atoms with Gasteiger partial charge >= 0.3 is 12.4 Å². The molecule has 1 atom stereocenters. The van der Waals surface area contributed by atoms with Gasteiger partial charge in [0.05, 0.1) is 17.2 Å². The van der Waals surface area contributed by atoms with E-state index in [0.29, 0.717) is 12.1 Å². The van der Waals surface area contributed by atoms with Crippen LogP contribution in [-0.4, -0.2) is 52.3 Å². The summed E-state index contributed by atoms with van der Waals surface area (Å²) in [5, 5.41) is 0.816. The van der Waals surface area contributed by atoms with E-state index in [1.54, 1.807) is 18.3 Å². The number of nitrogens with one attached hydrogen (secondary N) is 1. The second-order valence-corrected chi connectivity index (χ2v) is 10.1. The molecule has 12 heteroatoms. The summed E-state index contributed by atoms with van der Waals surface area (Å²) < 4.78 is 95.1. The van der Waals surface area contributed by atoms with Crippen molar-refractivity contribution in [2.24, 2.45) is 0 Å². The van der Waals surface area contributed by atoms with Crippen molar-refractivity contribution in [3.8, 4) is 0 Å². The fraction of sp³-hybridized carbons (Fsp3) is 0.226. The number of alkyl halides is 6. The molecule has 0 saturated carbocycles. The molecule has 2 heterocycles. The highest BCUT2D eigenvalue weighted by Gasteiger charge is 2.39. The number of hydrogen-bond donors (Lipinski definition) is 1. The number of H-pyrrole nitrogens is 1. The maximum atomic E-state index is 14.0. The first-order valence-corrected chi connectivity index (χ1v) is 13.2. The summed E-state index contributed by atoms with van der Waals surface area (Å²) in [4.78, 5) is 32.4. The molecular formula is C31H24F7N3O2. The van der Waals surface area contributed by atoms with Crippen LogP contribution in [-0.2, 0) is 23.6 Å². The van der Waals surface area contributed by atoms with Crippen LogP contribution in [0, 0.1) is 5.82 Å². The number of benzene rings is 3. The van der Waals surface area contributed by atoms with Crippen LogP contribution in [0.2, 0.25) is 0 Å². The number of rotatable bonds is 5. The highest BCUT2D eigenvalue weighted by Crippen LogP contribution is 2.37. The van der Waals surface area contributed by atoms with E-state index in [-0.39, 0.29) is 37.7 Å². The van der Waals surface area contributed by atoms with Crippen LogP contribution in [0.1, 0.15) is 32.6 Å². The molecule has 1 fully saturated rings. The third kappa shape index (κ3) is 6.58. The largest absolute Gasteiger partial charge is 0.416 e. The quantitative estimate of drug-likeness (QED) is 0.198. The molecule has 43 heavy (non-hydrogen) atoms. The summed E-state index contributed by atoms with van der Waals surface area (Å²) in [6.45, 7) is -0.249. The minimum atomic E-state index is -5.12. The molecule has 224 valence electrons. The molecule has 1 aliphatic rings. The average molecular weight is 604 g/mol. The van der Waals surface area contributed by atoms with Crippen LogP contribution >= 0.6 is 0 Å². The lowest BCUT2D eigenvalue weighted by molar-refractivity contribution is -0.143. The van der Waals surface area contributed by atoms with Crippen LogP contribution in [0.4, 0.5) is 30.7 Å². The fourth-order valence-corrected chi connectivity index (χ4v) is 5.17. The first kappa shape index (κ1) is 29.9. The molecule has 1 aliphatic heterocycles. The van der Waals surface area contributed by atoms with Crippen molar-refractivity contribution < 1.29 is 40.3 Å². The van der Waals surface area contributed by atoms with Gasteiger partial charge in [0, 0.05) is 53.9 Å². The first-order chi connectivity index (χ1) is 20.3. The lowest BCUT2D eigenvalue weighted by Crippen LogP contribution is -2.57. The molecule has 3 aromatic carbocycles. The Kier molecular flexibility index (Phi) is 8.04. The molecule has 1 N–H and O–H groups in total. The number of fused-ring (bicyclic) bond motifs is 1. The van der Waals surface area contributed by atoms with Gasteiger partial charge in [-0.3, -0.25) is 9.59 Å². The summed E-state index contributed by atoms with van der Waals surface area (Å²) in [5.41, 5.74) is -2.22. The molecule has 2 amide bonds. The Balaban J connectivity index is 1.47. The average Bonchev–Trinajstić information content (AvgIpc) is 3.37. The number of aromatic amines is 1. The van der Waals surface area contributed by atoms with Gasteiger partial charge in [-0.2, -0.15) is 26.3 Å². The van der Waals surface area contributed by atoms with Crippen LogP contribution in [0.5, 0.6) is 0 Å². The van der Waals surface area contributed by atoms with Gasteiger partial charge in [0.25, 0.3) is 5.91 Å². The number of nitrogens with zero attached hydrogens (tertiary/aromatic N) is 2. The smallest absolute Gasteiger partial charge is 0.361 e. The molecule has 0 aliphatic carbocycles. The van der Waals surface area contributed by atoms with Gasteiger partial charge in [0.2, 0.25) is 5.91 Å². The minimum absolute atomic E-state index is 0.0291. The van der Waals surface area contributed by atoms with Gasteiger partial charge in [0.1, 0.15) is 5.82 Å². The van der Waals surface area contributed by atoms with Crippen molar-refractivity contribution in [1.82, 2.24) is 14.8 Å². The van der Waals surface area contributed by atoms with Gasteiger partial charge < -0.3 is 14.8 Å². The molecule has 5 rings (SSSR count). The van der Waals surface area contributed by atoms with Crippen LogP contribution < -0.4 is 0 Å². The van der Waals surface area contributed by atoms with Gasteiger partial charge in [-0.1, -0.05) is 36.4 Å². The first-order valence-electron chi connectivity index (χ1n) is 13.2. The molecule has 5 nitrogen and oxygen atoms in total. The predicted octanol–water partition coefficient (Wildman–Crippen LogP) is 6.95. The number of aromatic nitrogens is 1. The monoisotopic (exact) mass is 603 g/mol. The molecule has 0 bridgehead atoms. The summed E-state index contributed by atoms with van der Waals surface area (Å²) in [6, 6.07) is 13.1. The third-order valence-corrected chi connectivity index (χ3v) is 7.33. The Morgan fingerprint density at radius 3 is 2.21 bits per heavy atom. The second kappa shape index (κ2) is 11.6. The predicted molar refractivity (Wildman–Crippen MR) is 145 cm³/mol. The number of halogens is 7. The van der Waals surface area contributed by atoms with E-state index in [9.17, 15) is 40.3 Å². The minimum Gasteiger partial charge on any atom is -0.361 e. The van der Waals surface area contributed by atoms with E-state index in [4.69, 9.17) is 0 Å². The van der Waals surface area contributed by atoms with E-state index >= 15 is 0 Å². The Hall–Kier alpha value is -4.61. The van der Waals surface area contributed by atoms with E-state index < -0.39 is 52.7 Å². The molecule has 1 saturated heterocycles. The Morgan fingerprint density at radius 2 is 1.53 bits per heavy atom. The van der Waals surface area contributed by atoms with Gasteiger partial charge in [-0.15, -0.1) is 0 Å². The zero-order valence-electron chi connectivity index (χ0n) is 22.3. The van der Waals surface area contributed by atoms with Crippen LogP contribution in [0.15, 0.2) is 79.0 Å². The molecule has 0 spiro atoms. The van der Waals surface area contributed by atoms with Crippen molar-refractivity contribution >= 4 is 28.8 Å². The van der Waals surface area contributed by atoms with Gasteiger partial charge in [0.15, 0.2) is 0 Å². The molecule has 0 unspecified atom stereocenters. The Morgan fingerprint density at radius 1 is 0.884 bits per heavy atom. The molecule has 0 radical (unpaired) electrons. The fourth-order valence-electron chi connectivity index (χ4n) is 5.17. The summed E-state index contributed by atoms with van der Waals surface area (Å²) >= 11 is 0. The molecular weight excluding hydrogens is 579 g/mol. The van der Waals surface area contributed by atoms with E-state index in [1.165, 1.54) is 40.2 Å². The number of carbonyl (C=O) groups is 2. The summed E-state index contributed by atoms with van der Waals surface area (Å²) in [6.07, 6.45) is -5.88. The van der Waals surface area contributed by atoms with Crippen molar-refractivity contribution in [2.45, 2.75) is 24.8 Å². The maximum Gasteiger partial charge on any atom is 0.416 e. The maximum absolute atomic E-state index is 14.0. The van der Waals surface area contributed by atoms with E-state index in [2.05, 4.69) is 4.98 Å². The zero-order chi connectivity index (χ0) is 30.9. The highest BCUT2D eigenvalue weighted by atomic mass is 19.4. The molecule has 1 aromatic heterocycles. The normalized spacial score (nSPS) is 16.3. The number of amides is 2. The number of piperazine rings is 1. The Labute approximate surface area is 241 Å². The van der Waals surface area contributed by atoms with Gasteiger partial charge in [-0.25, -0.2) is 4.39 Å². The molecule has 4 aromatic rings. The van der Waals surface area contributed by atoms with E-state index in [1.807, 2.05) is 18.2 Å². The Bertz CT molecular complexity index is 1660. The van der Waals surface area contributed by atoms with Crippen LogP contribution in [0.25, 0.3) is 17.0 Å². The van der Waals surface area contributed by atoms with Crippen molar-refractivity contribution in [3.05, 3.63) is 113 Å². The number of carbonyl (C=O) groups excluding carboxylic acids is 2. The highest BCUT2D eigenvalue weighted by molar-refractivity contribution is 5.96. The third-order valence-electron chi connectivity index (χ3n) is 7.33. The standard InChI is InChI=1S/C31H24F7N3O2/c32-26-7-3-1-5-19(26)9-10-28(42)40-11-12-41(24(18-40)15-21-17-39-27-8-4-2-6-25(21)27)29(43)20-13-22(30(33,34)35)16-23(14-20)31(36,37)38/h1-10,13-14,16-17,24,39H,11-12,15,18H2/t24-/m1/s1. The van der Waals surface area contributed by atoms with Crippen LogP contribution in [0.3, 0.4) is 0 Å². The topological polar surface area (TPSA) is 56.4 Å². The van der Waals surface area contributed by atoms with Crippen molar-refractivity contribution in [2.75, 3.05) is 19.6 Å². The van der Waals surface area contributed by atoms with Crippen molar-refractivity contribution in [1.29, 1.82) is 0 Å². The van der Waals surface area contributed by atoms with Crippen molar-refractivity contribution in [3.63, 3.8) is 0 Å². The summed E-state index contributed by atoms with van der Waals surface area (Å²) in [7, 11) is 0.